The van der Waals surface area contributed by atoms with E-state index in [0.29, 0.717) is 17.7 Å². The minimum Gasteiger partial charge on any atom is -0.508 e. The van der Waals surface area contributed by atoms with Crippen LogP contribution < -0.4 is 0 Å². The van der Waals surface area contributed by atoms with Crippen molar-refractivity contribution >= 4 is 10.9 Å². The lowest BCUT2D eigenvalue weighted by Crippen LogP contribution is -2.49. The van der Waals surface area contributed by atoms with Crippen molar-refractivity contribution in [3.63, 3.8) is 0 Å². The highest BCUT2D eigenvalue weighted by molar-refractivity contribution is 5.86. The van der Waals surface area contributed by atoms with Crippen LogP contribution in [0, 0.1) is 11.8 Å². The van der Waals surface area contributed by atoms with Crippen LogP contribution in [0.4, 0.5) is 0 Å². The van der Waals surface area contributed by atoms with E-state index in [4.69, 9.17) is 0 Å². The van der Waals surface area contributed by atoms with Gasteiger partial charge in [-0.2, -0.15) is 0 Å². The molecule has 1 saturated heterocycles. The zero-order chi connectivity index (χ0) is 16.1. The number of nitrogens with zero attached hydrogens (tertiary/aromatic N) is 1. The van der Waals surface area contributed by atoms with Gasteiger partial charge in [-0.1, -0.05) is 27.2 Å². The molecule has 3 nitrogen and oxygen atoms in total. The van der Waals surface area contributed by atoms with Gasteiger partial charge in [-0.15, -0.1) is 0 Å². The van der Waals surface area contributed by atoms with E-state index in [1.54, 1.807) is 6.07 Å². The number of hydrogen-bond donors (Lipinski definition) is 2. The van der Waals surface area contributed by atoms with E-state index in [1.807, 2.05) is 12.1 Å². The maximum atomic E-state index is 9.90. The van der Waals surface area contributed by atoms with E-state index in [-0.39, 0.29) is 0 Å². The number of piperidine rings is 1. The fraction of sp³-hybridized carbons (Fsp3) is 0.600. The highest BCUT2D eigenvalue weighted by Gasteiger charge is 2.41. The molecule has 3 heterocycles. The van der Waals surface area contributed by atoms with Gasteiger partial charge in [0.05, 0.1) is 0 Å². The van der Waals surface area contributed by atoms with E-state index in [9.17, 15) is 5.11 Å². The summed E-state index contributed by atoms with van der Waals surface area (Å²) in [7, 11) is 0. The molecule has 1 aromatic carbocycles. The minimum absolute atomic E-state index is 0.374. The molecule has 0 spiro atoms. The molecular weight excluding hydrogens is 284 g/mol. The Morgan fingerprint density at radius 2 is 2.22 bits per heavy atom. The molecule has 0 saturated carbocycles. The Bertz CT molecular complexity index is 720. The van der Waals surface area contributed by atoms with Crippen molar-refractivity contribution in [3.8, 4) is 5.75 Å². The normalized spacial score (nSPS) is 31.6. The Morgan fingerprint density at radius 3 is 3.00 bits per heavy atom. The highest BCUT2D eigenvalue weighted by Crippen LogP contribution is 2.44. The average Bonchev–Trinajstić information content (AvgIpc) is 2.84. The molecule has 5 atom stereocenters. The number of phenolic OH excluding ortho intramolecular Hbond substituents is 1. The van der Waals surface area contributed by atoms with Crippen LogP contribution in [0.15, 0.2) is 18.2 Å². The van der Waals surface area contributed by atoms with E-state index in [0.717, 1.165) is 24.8 Å². The maximum Gasteiger partial charge on any atom is 0.116 e. The molecule has 2 aliphatic heterocycles. The maximum absolute atomic E-state index is 9.90. The molecular formula is C20H28N2O. The van der Waals surface area contributed by atoms with Crippen molar-refractivity contribution in [1.29, 1.82) is 0 Å². The Hall–Kier alpha value is -1.48. The molecule has 0 amide bonds. The molecule has 23 heavy (non-hydrogen) atoms. The summed E-state index contributed by atoms with van der Waals surface area (Å²) in [5, 5.41) is 11.1. The third-order valence-corrected chi connectivity index (χ3v) is 6.21. The zero-order valence-electron chi connectivity index (χ0n) is 14.5. The SMILES string of the molecule is CCC(C)C1C2CC(C)CN1CCc1c2[nH]c2ccc(O)cc12. The summed E-state index contributed by atoms with van der Waals surface area (Å²) >= 11 is 0. The second kappa shape index (κ2) is 5.55. The summed E-state index contributed by atoms with van der Waals surface area (Å²) in [5.74, 6) is 2.45. The van der Waals surface area contributed by atoms with Gasteiger partial charge >= 0.3 is 0 Å². The van der Waals surface area contributed by atoms with Gasteiger partial charge in [0.1, 0.15) is 5.75 Å². The van der Waals surface area contributed by atoms with Crippen LogP contribution in [-0.2, 0) is 6.42 Å². The molecule has 2 aliphatic rings. The number of hydrogen-bond acceptors (Lipinski definition) is 2. The van der Waals surface area contributed by atoms with Crippen LogP contribution >= 0.6 is 0 Å². The van der Waals surface area contributed by atoms with E-state index >= 15 is 0 Å². The molecule has 0 aliphatic carbocycles. The first-order valence-electron chi connectivity index (χ1n) is 9.16. The Morgan fingerprint density at radius 1 is 1.39 bits per heavy atom. The number of aromatic amines is 1. The van der Waals surface area contributed by atoms with Crippen LogP contribution in [0.5, 0.6) is 5.75 Å². The van der Waals surface area contributed by atoms with Gasteiger partial charge < -0.3 is 10.1 Å². The monoisotopic (exact) mass is 312 g/mol. The van der Waals surface area contributed by atoms with Crippen molar-refractivity contribution in [2.75, 3.05) is 13.1 Å². The van der Waals surface area contributed by atoms with Crippen molar-refractivity contribution in [3.05, 3.63) is 29.5 Å². The van der Waals surface area contributed by atoms with Gasteiger partial charge in [0.25, 0.3) is 0 Å². The number of rotatable bonds is 2. The number of aromatic nitrogens is 1. The predicted octanol–water partition coefficient (Wildman–Crippen LogP) is 4.27. The number of aromatic hydroxyl groups is 1. The molecule has 1 fully saturated rings. The lowest BCUT2D eigenvalue weighted by atomic mass is 9.76. The summed E-state index contributed by atoms with van der Waals surface area (Å²) in [4.78, 5) is 6.48. The highest BCUT2D eigenvalue weighted by atomic mass is 16.3. The molecule has 124 valence electrons. The van der Waals surface area contributed by atoms with E-state index in [1.165, 1.54) is 41.5 Å². The molecule has 0 radical (unpaired) electrons. The first-order valence-corrected chi connectivity index (χ1v) is 9.16. The van der Waals surface area contributed by atoms with Gasteiger partial charge in [-0.05, 0) is 48.4 Å². The van der Waals surface area contributed by atoms with Crippen LogP contribution in [0.3, 0.4) is 0 Å². The van der Waals surface area contributed by atoms with Crippen LogP contribution in [0.2, 0.25) is 0 Å². The third-order valence-electron chi connectivity index (χ3n) is 6.21. The zero-order valence-corrected chi connectivity index (χ0v) is 14.5. The lowest BCUT2D eigenvalue weighted by Gasteiger charge is -2.45. The van der Waals surface area contributed by atoms with E-state index < -0.39 is 0 Å². The summed E-state index contributed by atoms with van der Waals surface area (Å²) in [6.45, 7) is 9.51. The number of fused-ring (bicyclic) bond motifs is 6. The number of nitrogens with one attached hydrogen (secondary N) is 1. The molecule has 4 rings (SSSR count). The van der Waals surface area contributed by atoms with Gasteiger partial charge in [-0.3, -0.25) is 4.90 Å². The molecule has 2 N–H and O–H groups in total. The average molecular weight is 312 g/mol. The second-order valence-electron chi connectivity index (χ2n) is 7.82. The van der Waals surface area contributed by atoms with Crippen LogP contribution in [0.1, 0.15) is 50.8 Å². The summed E-state index contributed by atoms with van der Waals surface area (Å²) in [5.41, 5.74) is 4.08. The Labute approximate surface area is 138 Å². The largest absolute Gasteiger partial charge is 0.508 e. The summed E-state index contributed by atoms with van der Waals surface area (Å²) < 4.78 is 0. The van der Waals surface area contributed by atoms with Crippen LogP contribution in [0.25, 0.3) is 10.9 Å². The quantitative estimate of drug-likeness (QED) is 0.869. The summed E-state index contributed by atoms with van der Waals surface area (Å²) in [6, 6.07) is 6.41. The van der Waals surface area contributed by atoms with Gasteiger partial charge in [-0.25, -0.2) is 0 Å². The van der Waals surface area contributed by atoms with Crippen molar-refractivity contribution in [1.82, 2.24) is 9.88 Å². The topological polar surface area (TPSA) is 39.3 Å². The minimum atomic E-state index is 0.374. The van der Waals surface area contributed by atoms with E-state index in [2.05, 4.69) is 30.7 Å². The fourth-order valence-electron chi connectivity index (χ4n) is 5.05. The first kappa shape index (κ1) is 15.1. The molecule has 5 unspecified atom stereocenters. The number of benzene rings is 1. The molecule has 3 heteroatoms. The van der Waals surface area contributed by atoms with Gasteiger partial charge in [0.2, 0.25) is 0 Å². The van der Waals surface area contributed by atoms with Gasteiger partial charge in [0, 0.05) is 41.6 Å². The lowest BCUT2D eigenvalue weighted by molar-refractivity contribution is 0.0624. The molecule has 2 bridgehead atoms. The number of H-pyrrole nitrogens is 1. The van der Waals surface area contributed by atoms with Crippen LogP contribution in [-0.4, -0.2) is 34.1 Å². The van der Waals surface area contributed by atoms with Crippen molar-refractivity contribution in [2.45, 2.75) is 52.0 Å². The Balaban J connectivity index is 1.87. The van der Waals surface area contributed by atoms with Gasteiger partial charge in [0.15, 0.2) is 0 Å². The predicted molar refractivity (Wildman–Crippen MR) is 95.0 cm³/mol. The smallest absolute Gasteiger partial charge is 0.116 e. The first-order chi connectivity index (χ1) is 11.1. The van der Waals surface area contributed by atoms with Crippen molar-refractivity contribution in [2.24, 2.45) is 11.8 Å². The second-order valence-corrected chi connectivity index (χ2v) is 7.82. The molecule has 1 aromatic heterocycles. The fourth-order valence-corrected chi connectivity index (χ4v) is 5.05. The van der Waals surface area contributed by atoms with Crippen molar-refractivity contribution < 1.29 is 5.11 Å². The summed E-state index contributed by atoms with van der Waals surface area (Å²) in [6.07, 6.45) is 3.61. The Kier molecular flexibility index (Phi) is 3.64. The standard InChI is InChI=1S/C20H28N2O/c1-4-13(3)20-17-9-12(2)11-22(20)8-7-15-16-10-14(23)5-6-18(16)21-19(15)17/h5-6,10,12-13,17,20-21,23H,4,7-9,11H2,1-3H3. The molecule has 2 aromatic rings. The third kappa shape index (κ3) is 2.37. The number of phenols is 1.